The molecule has 0 spiro atoms. The molecule has 1 rings (SSSR count). The second-order valence-corrected chi connectivity index (χ2v) is 3.58. The van der Waals surface area contributed by atoms with Gasteiger partial charge in [-0.3, -0.25) is 4.79 Å². The lowest BCUT2D eigenvalue weighted by molar-refractivity contribution is 0.0949. The fourth-order valence-electron chi connectivity index (χ4n) is 1.09. The van der Waals surface area contributed by atoms with Crippen LogP contribution in [0.5, 0.6) is 0 Å². The lowest BCUT2D eigenvalue weighted by Crippen LogP contribution is -2.26. The van der Waals surface area contributed by atoms with Crippen molar-refractivity contribution in [2.24, 2.45) is 5.73 Å². The molecule has 0 aliphatic heterocycles. The van der Waals surface area contributed by atoms with Crippen LogP contribution in [0.25, 0.3) is 0 Å². The van der Waals surface area contributed by atoms with Crippen LogP contribution in [-0.4, -0.2) is 19.0 Å². The Morgan fingerprint density at radius 3 is 2.93 bits per heavy atom. The molecule has 15 heavy (non-hydrogen) atoms. The molecular formula is C10H13FN2OS. The van der Waals surface area contributed by atoms with Crippen molar-refractivity contribution >= 4 is 18.5 Å². The second-order valence-electron chi connectivity index (χ2n) is 3.06. The Labute approximate surface area is 93.3 Å². The lowest BCUT2D eigenvalue weighted by Gasteiger charge is -2.05. The number of hydrogen-bond donors (Lipinski definition) is 3. The van der Waals surface area contributed by atoms with Gasteiger partial charge in [-0.1, -0.05) is 0 Å². The van der Waals surface area contributed by atoms with E-state index < -0.39 is 11.7 Å². The topological polar surface area (TPSA) is 55.1 Å². The van der Waals surface area contributed by atoms with Crippen LogP contribution in [0, 0.1) is 5.82 Å². The zero-order valence-electron chi connectivity index (χ0n) is 8.16. The highest BCUT2D eigenvalue weighted by Gasteiger charge is 2.10. The summed E-state index contributed by atoms with van der Waals surface area (Å²) in [6.07, 6.45) is 0.675. The van der Waals surface area contributed by atoms with Crippen molar-refractivity contribution in [1.82, 2.24) is 5.32 Å². The number of amides is 1. The van der Waals surface area contributed by atoms with Gasteiger partial charge in [-0.25, -0.2) is 4.39 Å². The van der Waals surface area contributed by atoms with Gasteiger partial charge >= 0.3 is 0 Å². The van der Waals surface area contributed by atoms with Gasteiger partial charge in [-0.2, -0.15) is 0 Å². The van der Waals surface area contributed by atoms with Crippen LogP contribution in [-0.2, 0) is 0 Å². The first kappa shape index (κ1) is 12.0. The number of benzene rings is 1. The first-order valence-corrected chi connectivity index (χ1v) is 5.06. The number of halogens is 1. The molecule has 0 fully saturated rings. The van der Waals surface area contributed by atoms with E-state index in [0.29, 0.717) is 24.4 Å². The summed E-state index contributed by atoms with van der Waals surface area (Å²) >= 11 is 4.04. The number of nitrogens with two attached hydrogens (primary N) is 1. The van der Waals surface area contributed by atoms with Crippen LogP contribution in [0.3, 0.4) is 0 Å². The van der Waals surface area contributed by atoms with E-state index in [2.05, 4.69) is 17.9 Å². The summed E-state index contributed by atoms with van der Waals surface area (Å²) in [6, 6.07) is 4.12. The summed E-state index contributed by atoms with van der Waals surface area (Å²) in [5.41, 5.74) is 5.28. The minimum atomic E-state index is -0.543. The smallest absolute Gasteiger partial charge is 0.254 e. The van der Waals surface area contributed by atoms with Crippen LogP contribution in [0.4, 0.5) is 4.39 Å². The summed E-state index contributed by atoms with van der Waals surface area (Å²) in [4.78, 5) is 12.0. The zero-order valence-corrected chi connectivity index (χ0v) is 9.06. The Kier molecular flexibility index (Phi) is 4.58. The van der Waals surface area contributed by atoms with E-state index in [-0.39, 0.29) is 5.56 Å². The molecular weight excluding hydrogens is 215 g/mol. The average molecular weight is 228 g/mol. The van der Waals surface area contributed by atoms with Crippen molar-refractivity contribution in [1.29, 1.82) is 0 Å². The molecule has 0 bridgehead atoms. The Hall–Kier alpha value is -1.07. The molecule has 0 radical (unpaired) electrons. The highest BCUT2D eigenvalue weighted by molar-refractivity contribution is 7.80. The highest BCUT2D eigenvalue weighted by Crippen LogP contribution is 2.13. The maximum Gasteiger partial charge on any atom is 0.254 e. The molecule has 1 aromatic rings. The summed E-state index contributed by atoms with van der Waals surface area (Å²) in [7, 11) is 0. The van der Waals surface area contributed by atoms with Gasteiger partial charge in [0.2, 0.25) is 0 Å². The number of carbonyl (C=O) groups is 1. The predicted octanol–water partition coefficient (Wildman–Crippen LogP) is 1.19. The van der Waals surface area contributed by atoms with E-state index in [9.17, 15) is 9.18 Å². The summed E-state index contributed by atoms with van der Waals surface area (Å²) in [5, 5.41) is 2.58. The zero-order chi connectivity index (χ0) is 11.3. The van der Waals surface area contributed by atoms with E-state index in [1.54, 1.807) is 0 Å². The summed E-state index contributed by atoms with van der Waals surface area (Å²) < 4.78 is 13.2. The third-order valence-corrected chi connectivity index (χ3v) is 2.14. The third-order valence-electron chi connectivity index (χ3n) is 1.86. The van der Waals surface area contributed by atoms with Crippen LogP contribution >= 0.6 is 12.6 Å². The summed E-state index contributed by atoms with van der Waals surface area (Å²) in [5.74, 6) is -0.977. The molecule has 0 atom stereocenters. The molecule has 0 aliphatic carbocycles. The average Bonchev–Trinajstić information content (AvgIpc) is 2.22. The van der Waals surface area contributed by atoms with Gasteiger partial charge in [0.05, 0.1) is 5.56 Å². The Balaban J connectivity index is 2.68. The number of hydrogen-bond acceptors (Lipinski definition) is 3. The molecule has 1 amide bonds. The van der Waals surface area contributed by atoms with Crippen molar-refractivity contribution in [3.05, 3.63) is 29.6 Å². The van der Waals surface area contributed by atoms with Crippen molar-refractivity contribution in [3.63, 3.8) is 0 Å². The van der Waals surface area contributed by atoms with Crippen molar-refractivity contribution < 1.29 is 9.18 Å². The van der Waals surface area contributed by atoms with Crippen LogP contribution in [0.1, 0.15) is 16.8 Å². The van der Waals surface area contributed by atoms with Gasteiger partial charge in [0.1, 0.15) is 5.82 Å². The Bertz CT molecular complexity index is 357. The van der Waals surface area contributed by atoms with Crippen LogP contribution in [0.2, 0.25) is 0 Å². The van der Waals surface area contributed by atoms with E-state index in [4.69, 9.17) is 5.73 Å². The molecule has 5 heteroatoms. The van der Waals surface area contributed by atoms with Crippen LogP contribution < -0.4 is 11.1 Å². The number of carbonyl (C=O) groups excluding carboxylic acids is 1. The van der Waals surface area contributed by atoms with E-state index in [1.807, 2.05) is 0 Å². The van der Waals surface area contributed by atoms with Gasteiger partial charge in [0, 0.05) is 11.4 Å². The quantitative estimate of drug-likeness (QED) is 0.535. The van der Waals surface area contributed by atoms with Crippen molar-refractivity contribution in [2.45, 2.75) is 11.3 Å². The molecule has 3 nitrogen and oxygen atoms in total. The summed E-state index contributed by atoms with van der Waals surface area (Å²) in [6.45, 7) is 0.945. The third kappa shape index (κ3) is 3.53. The standard InChI is InChI=1S/C10H13FN2OS/c11-9-3-2-7(15)6-8(9)10(14)13-5-1-4-12/h2-3,6,15H,1,4-5,12H2,(H,13,14). The number of nitrogens with one attached hydrogen (secondary N) is 1. The van der Waals surface area contributed by atoms with Gasteiger partial charge in [-0.15, -0.1) is 12.6 Å². The molecule has 1 aromatic carbocycles. The van der Waals surface area contributed by atoms with E-state index in [0.717, 1.165) is 0 Å². The second kappa shape index (κ2) is 5.72. The molecule has 0 aromatic heterocycles. The Morgan fingerprint density at radius 1 is 1.53 bits per heavy atom. The SMILES string of the molecule is NCCCNC(=O)c1cc(S)ccc1F. The molecule has 0 aliphatic rings. The number of thiol groups is 1. The molecule has 3 N–H and O–H groups in total. The van der Waals surface area contributed by atoms with Gasteiger partial charge < -0.3 is 11.1 Å². The fourth-order valence-corrected chi connectivity index (χ4v) is 1.29. The fraction of sp³-hybridized carbons (Fsp3) is 0.300. The molecule has 0 unspecified atom stereocenters. The van der Waals surface area contributed by atoms with Crippen LogP contribution in [0.15, 0.2) is 23.1 Å². The first-order valence-electron chi connectivity index (χ1n) is 4.62. The van der Waals surface area contributed by atoms with Crippen molar-refractivity contribution in [3.8, 4) is 0 Å². The number of rotatable bonds is 4. The largest absolute Gasteiger partial charge is 0.352 e. The van der Waals surface area contributed by atoms with Crippen molar-refractivity contribution in [2.75, 3.05) is 13.1 Å². The molecule has 82 valence electrons. The monoisotopic (exact) mass is 228 g/mol. The predicted molar refractivity (Wildman–Crippen MR) is 59.7 cm³/mol. The minimum absolute atomic E-state index is 0.0134. The highest BCUT2D eigenvalue weighted by atomic mass is 32.1. The normalized spacial score (nSPS) is 10.1. The minimum Gasteiger partial charge on any atom is -0.352 e. The van der Waals surface area contributed by atoms with Gasteiger partial charge in [0.15, 0.2) is 0 Å². The molecule has 0 heterocycles. The first-order chi connectivity index (χ1) is 7.15. The maximum absolute atomic E-state index is 13.2. The maximum atomic E-state index is 13.2. The van der Waals surface area contributed by atoms with Gasteiger partial charge in [-0.05, 0) is 31.2 Å². The van der Waals surface area contributed by atoms with E-state index in [1.165, 1.54) is 18.2 Å². The van der Waals surface area contributed by atoms with Gasteiger partial charge in [0.25, 0.3) is 5.91 Å². The lowest BCUT2D eigenvalue weighted by atomic mass is 10.2. The van der Waals surface area contributed by atoms with E-state index >= 15 is 0 Å². The molecule has 0 saturated heterocycles. The Morgan fingerprint density at radius 2 is 2.27 bits per heavy atom. The molecule has 0 saturated carbocycles.